The molecule has 264 valence electrons. The Morgan fingerprint density at radius 3 is 1.68 bits per heavy atom. The maximum Gasteiger partial charge on any atom is 0.0561 e. The summed E-state index contributed by atoms with van der Waals surface area (Å²) < 4.78 is 2.40. The van der Waals surface area contributed by atoms with Crippen LogP contribution in [-0.4, -0.2) is 4.57 Å². The summed E-state index contributed by atoms with van der Waals surface area (Å²) >= 11 is 0. The fourth-order valence-corrected chi connectivity index (χ4v) is 9.47. The zero-order chi connectivity index (χ0) is 37.2. The second kappa shape index (κ2) is 12.7. The lowest BCUT2D eigenvalue weighted by Crippen LogP contribution is -2.23. The summed E-state index contributed by atoms with van der Waals surface area (Å²) in [5, 5.41) is 5.02. The van der Waals surface area contributed by atoms with Gasteiger partial charge in [-0.1, -0.05) is 152 Å². The van der Waals surface area contributed by atoms with E-state index in [1.54, 1.807) is 0 Å². The van der Waals surface area contributed by atoms with Gasteiger partial charge in [0.25, 0.3) is 0 Å². The molecule has 0 amide bonds. The third kappa shape index (κ3) is 4.82. The quantitative estimate of drug-likeness (QED) is 0.166. The van der Waals surface area contributed by atoms with Gasteiger partial charge in [0.2, 0.25) is 0 Å². The van der Waals surface area contributed by atoms with Gasteiger partial charge in [-0.25, -0.2) is 0 Å². The van der Waals surface area contributed by atoms with E-state index in [0.717, 1.165) is 22.7 Å². The molecule has 0 N–H and O–H groups in total. The van der Waals surface area contributed by atoms with E-state index in [9.17, 15) is 0 Å². The zero-order valence-electron chi connectivity index (χ0n) is 31.1. The van der Waals surface area contributed by atoms with Gasteiger partial charge in [-0.3, -0.25) is 0 Å². The van der Waals surface area contributed by atoms with Crippen LogP contribution >= 0.6 is 0 Å². The van der Waals surface area contributed by atoms with Gasteiger partial charge in [-0.2, -0.15) is 0 Å². The average Bonchev–Trinajstić information content (AvgIpc) is 3.73. The number of hydrogen-bond donors (Lipinski definition) is 0. The molecule has 0 spiro atoms. The molecule has 1 heterocycles. The maximum atomic E-state index is 2.44. The van der Waals surface area contributed by atoms with Crippen LogP contribution in [0.3, 0.4) is 0 Å². The maximum absolute atomic E-state index is 2.44. The lowest BCUT2D eigenvalue weighted by atomic mass is 9.71. The molecule has 1 aliphatic rings. The first-order valence-corrected chi connectivity index (χ1v) is 19.4. The molecule has 0 aliphatic heterocycles. The minimum Gasteiger partial charge on any atom is -0.310 e. The summed E-state index contributed by atoms with van der Waals surface area (Å²) in [5.74, 6) is 0. The topological polar surface area (TPSA) is 8.17 Å². The van der Waals surface area contributed by atoms with E-state index in [4.69, 9.17) is 0 Å². The smallest absolute Gasteiger partial charge is 0.0561 e. The molecule has 1 aromatic heterocycles. The Hall–Kier alpha value is -7.16. The number of fused-ring (bicyclic) bond motifs is 7. The van der Waals surface area contributed by atoms with Crippen molar-refractivity contribution in [1.29, 1.82) is 0 Å². The number of hydrogen-bond acceptors (Lipinski definition) is 1. The highest BCUT2D eigenvalue weighted by Gasteiger charge is 2.42. The molecule has 1 aliphatic carbocycles. The van der Waals surface area contributed by atoms with Crippen molar-refractivity contribution in [3.63, 3.8) is 0 Å². The Morgan fingerprint density at radius 2 is 0.929 bits per heavy atom. The van der Waals surface area contributed by atoms with Crippen molar-refractivity contribution >= 4 is 49.6 Å². The molecule has 0 bridgehead atoms. The molecule has 10 aromatic rings. The zero-order valence-corrected chi connectivity index (χ0v) is 31.1. The summed E-state index contributed by atoms with van der Waals surface area (Å²) in [6.45, 7) is 2.43. The Balaban J connectivity index is 1.15. The van der Waals surface area contributed by atoms with Gasteiger partial charge in [-0.05, 0) is 112 Å². The average molecular weight is 715 g/mol. The van der Waals surface area contributed by atoms with E-state index < -0.39 is 0 Å². The first-order chi connectivity index (χ1) is 27.7. The summed E-state index contributed by atoms with van der Waals surface area (Å²) in [4.78, 5) is 2.44. The van der Waals surface area contributed by atoms with Crippen LogP contribution in [0.1, 0.15) is 23.6 Å². The number of anilines is 3. The van der Waals surface area contributed by atoms with Crippen LogP contribution in [0.2, 0.25) is 0 Å². The first kappa shape index (κ1) is 32.3. The number of benzene rings is 9. The van der Waals surface area contributed by atoms with Crippen molar-refractivity contribution in [1.82, 2.24) is 4.57 Å². The van der Waals surface area contributed by atoms with Gasteiger partial charge in [0, 0.05) is 38.8 Å². The predicted molar refractivity (Wildman–Crippen MR) is 236 cm³/mol. The van der Waals surface area contributed by atoms with Crippen molar-refractivity contribution in [2.75, 3.05) is 4.90 Å². The minimum absolute atomic E-state index is 0.382. The predicted octanol–water partition coefficient (Wildman–Crippen LogP) is 14.4. The second-order valence-corrected chi connectivity index (χ2v) is 15.0. The van der Waals surface area contributed by atoms with Crippen molar-refractivity contribution < 1.29 is 0 Å². The number of para-hydroxylation sites is 4. The van der Waals surface area contributed by atoms with Gasteiger partial charge in [-0.15, -0.1) is 0 Å². The molecule has 9 aromatic carbocycles. The van der Waals surface area contributed by atoms with Crippen LogP contribution in [0, 0.1) is 0 Å². The molecule has 0 fully saturated rings. The van der Waals surface area contributed by atoms with Gasteiger partial charge < -0.3 is 9.47 Å². The molecule has 2 nitrogen and oxygen atoms in total. The van der Waals surface area contributed by atoms with E-state index >= 15 is 0 Å². The van der Waals surface area contributed by atoms with Crippen molar-refractivity contribution in [3.8, 4) is 27.9 Å². The lowest BCUT2D eigenvalue weighted by molar-refractivity contribution is 0.717. The van der Waals surface area contributed by atoms with Gasteiger partial charge in [0.05, 0.1) is 16.7 Å². The molecule has 0 saturated carbocycles. The molecule has 0 saturated heterocycles. The third-order valence-electron chi connectivity index (χ3n) is 12.0. The molecular weight excluding hydrogens is 677 g/mol. The Kier molecular flexibility index (Phi) is 7.33. The Morgan fingerprint density at radius 1 is 0.375 bits per heavy atom. The fourth-order valence-electron chi connectivity index (χ4n) is 9.47. The Labute approximate surface area is 327 Å². The van der Waals surface area contributed by atoms with E-state index in [-0.39, 0.29) is 5.41 Å². The van der Waals surface area contributed by atoms with Crippen LogP contribution < -0.4 is 4.90 Å². The molecular formula is C54H38N2. The Bertz CT molecular complexity index is 3100. The third-order valence-corrected chi connectivity index (χ3v) is 12.0. The summed E-state index contributed by atoms with van der Waals surface area (Å²) in [6.07, 6.45) is 0. The monoisotopic (exact) mass is 714 g/mol. The lowest BCUT2D eigenvalue weighted by Gasteiger charge is -2.33. The summed E-state index contributed by atoms with van der Waals surface area (Å²) in [5.41, 5.74) is 15.5. The van der Waals surface area contributed by atoms with Gasteiger partial charge >= 0.3 is 0 Å². The number of aromatic nitrogens is 1. The molecule has 11 rings (SSSR count). The second-order valence-electron chi connectivity index (χ2n) is 15.0. The van der Waals surface area contributed by atoms with E-state index in [2.05, 4.69) is 229 Å². The van der Waals surface area contributed by atoms with Gasteiger partial charge in [0.15, 0.2) is 0 Å². The summed E-state index contributed by atoms with van der Waals surface area (Å²) in [6, 6.07) is 77.8. The van der Waals surface area contributed by atoms with Crippen molar-refractivity contribution in [2.45, 2.75) is 12.3 Å². The van der Waals surface area contributed by atoms with Gasteiger partial charge in [0.1, 0.15) is 0 Å². The molecule has 1 atom stereocenters. The van der Waals surface area contributed by atoms with Crippen LogP contribution in [-0.2, 0) is 5.41 Å². The standard InChI is InChI=1S/C54H38N2/c1-54(49-29-15-11-25-43(49)47-34-37-18-8-9-19-38(37)35-50(47)54)48-28-14-10-24-42(48)44-26-12-16-30-51(44)55(39-20-4-2-5-21-39)41-32-33-46-45-27-13-17-31-52(45)56(53(46)36-41)40-22-6-3-7-23-40/h2-36H,1H3. The highest BCUT2D eigenvalue weighted by Crippen LogP contribution is 2.56. The molecule has 1 unspecified atom stereocenters. The van der Waals surface area contributed by atoms with E-state index in [0.29, 0.717) is 0 Å². The highest BCUT2D eigenvalue weighted by atomic mass is 15.1. The number of rotatable bonds is 6. The van der Waals surface area contributed by atoms with E-state index in [1.807, 2.05) is 0 Å². The fraction of sp³-hybridized carbons (Fsp3) is 0.0370. The van der Waals surface area contributed by atoms with Crippen molar-refractivity contribution in [2.24, 2.45) is 0 Å². The van der Waals surface area contributed by atoms with Crippen molar-refractivity contribution in [3.05, 3.63) is 229 Å². The summed E-state index contributed by atoms with van der Waals surface area (Å²) in [7, 11) is 0. The number of nitrogens with zero attached hydrogens (tertiary/aromatic N) is 2. The molecule has 2 heteroatoms. The largest absolute Gasteiger partial charge is 0.310 e. The highest BCUT2D eigenvalue weighted by molar-refractivity contribution is 6.10. The van der Waals surface area contributed by atoms with Crippen LogP contribution in [0.15, 0.2) is 212 Å². The van der Waals surface area contributed by atoms with E-state index in [1.165, 1.54) is 71.5 Å². The normalized spacial score (nSPS) is 14.6. The van der Waals surface area contributed by atoms with Crippen LogP contribution in [0.25, 0.3) is 60.5 Å². The van der Waals surface area contributed by atoms with Crippen LogP contribution in [0.4, 0.5) is 17.1 Å². The molecule has 56 heavy (non-hydrogen) atoms. The SMILES string of the molecule is CC1(c2ccccc2-c2ccccc2N(c2ccccc2)c2ccc3c4ccccc4n(-c4ccccc4)c3c2)c2ccccc2-c2cc3ccccc3cc21. The minimum atomic E-state index is -0.382. The molecule has 0 radical (unpaired) electrons. The first-order valence-electron chi connectivity index (χ1n) is 19.4. The van der Waals surface area contributed by atoms with Crippen LogP contribution in [0.5, 0.6) is 0 Å².